The highest BCUT2D eigenvalue weighted by molar-refractivity contribution is 14.1. The monoisotopic (exact) mass is 503 g/mol. The van der Waals surface area contributed by atoms with Crippen LogP contribution in [-0.4, -0.2) is 0 Å². The van der Waals surface area contributed by atoms with Gasteiger partial charge in [-0.15, -0.1) is 0 Å². The van der Waals surface area contributed by atoms with E-state index in [2.05, 4.69) is 151 Å². The quantitative estimate of drug-likeness (QED) is 0.252. The number of rotatable bonds is 4. The van der Waals surface area contributed by atoms with E-state index in [1.807, 2.05) is 0 Å². The first-order valence-electron chi connectivity index (χ1n) is 10.2. The second kappa shape index (κ2) is 8.65. The maximum Gasteiger partial charge on any atom is 0.0462 e. The molecule has 2 heteroatoms. The van der Waals surface area contributed by atoms with Crippen LogP contribution in [0.15, 0.2) is 103 Å². The zero-order valence-corrected chi connectivity index (χ0v) is 19.8. The number of benzene rings is 4. The molecule has 0 aromatic heterocycles. The summed E-state index contributed by atoms with van der Waals surface area (Å²) < 4.78 is 1.24. The maximum atomic E-state index is 2.35. The summed E-state index contributed by atoms with van der Waals surface area (Å²) in [5.74, 6) is 0. The summed E-state index contributed by atoms with van der Waals surface area (Å²) in [6.07, 6.45) is 0. The predicted molar refractivity (Wildman–Crippen MR) is 138 cm³/mol. The first-order chi connectivity index (χ1) is 14.4. The Morgan fingerprint density at radius 3 is 1.47 bits per heavy atom. The van der Waals surface area contributed by atoms with Crippen LogP contribution in [0.4, 0.5) is 17.1 Å². The molecule has 30 heavy (non-hydrogen) atoms. The van der Waals surface area contributed by atoms with Gasteiger partial charge in [-0.2, -0.15) is 0 Å². The summed E-state index contributed by atoms with van der Waals surface area (Å²) in [4.78, 5) is 2.32. The molecule has 0 bridgehead atoms. The minimum absolute atomic E-state index is 0.142. The third-order valence-electron chi connectivity index (χ3n) is 5.31. The number of nitrogens with zero attached hydrogens (tertiary/aromatic N) is 1. The van der Waals surface area contributed by atoms with Crippen molar-refractivity contribution in [1.29, 1.82) is 0 Å². The van der Waals surface area contributed by atoms with E-state index >= 15 is 0 Å². The van der Waals surface area contributed by atoms with Gasteiger partial charge in [0, 0.05) is 20.6 Å². The fourth-order valence-corrected chi connectivity index (χ4v) is 3.94. The molecule has 0 aliphatic heterocycles. The lowest BCUT2D eigenvalue weighted by atomic mass is 9.87. The van der Waals surface area contributed by atoms with Crippen LogP contribution >= 0.6 is 22.6 Å². The third kappa shape index (κ3) is 4.59. The summed E-state index contributed by atoms with van der Waals surface area (Å²) >= 11 is 2.35. The molecule has 150 valence electrons. The van der Waals surface area contributed by atoms with Crippen molar-refractivity contribution in [3.63, 3.8) is 0 Å². The Bertz CT molecular complexity index is 1090. The topological polar surface area (TPSA) is 3.24 Å². The van der Waals surface area contributed by atoms with Gasteiger partial charge in [-0.05, 0) is 93.2 Å². The summed E-state index contributed by atoms with van der Waals surface area (Å²) in [7, 11) is 0. The molecule has 0 saturated carbocycles. The highest BCUT2D eigenvalue weighted by Crippen LogP contribution is 2.36. The molecule has 4 rings (SSSR count). The molecule has 0 aliphatic rings. The second-order valence-electron chi connectivity index (χ2n) is 8.52. The lowest BCUT2D eigenvalue weighted by Crippen LogP contribution is -2.13. The van der Waals surface area contributed by atoms with Gasteiger partial charge in [0.05, 0.1) is 0 Å². The Morgan fingerprint density at radius 1 is 0.533 bits per heavy atom. The van der Waals surface area contributed by atoms with Gasteiger partial charge in [0.2, 0.25) is 0 Å². The van der Waals surface area contributed by atoms with Gasteiger partial charge in [-0.3, -0.25) is 0 Å². The van der Waals surface area contributed by atoms with Gasteiger partial charge in [-0.1, -0.05) is 75.4 Å². The van der Waals surface area contributed by atoms with Crippen LogP contribution < -0.4 is 4.90 Å². The molecule has 4 aromatic rings. The molecule has 0 atom stereocenters. The summed E-state index contributed by atoms with van der Waals surface area (Å²) in [5, 5.41) is 0. The van der Waals surface area contributed by atoms with Crippen molar-refractivity contribution in [2.75, 3.05) is 4.90 Å². The van der Waals surface area contributed by atoms with Crippen molar-refractivity contribution in [3.05, 3.63) is 112 Å². The van der Waals surface area contributed by atoms with Crippen LogP contribution in [0.25, 0.3) is 11.1 Å². The van der Waals surface area contributed by atoms with Crippen molar-refractivity contribution in [1.82, 2.24) is 0 Å². The van der Waals surface area contributed by atoms with Gasteiger partial charge in [-0.25, -0.2) is 0 Å². The van der Waals surface area contributed by atoms with E-state index in [1.165, 1.54) is 20.3 Å². The molecule has 0 N–H and O–H groups in total. The van der Waals surface area contributed by atoms with Crippen molar-refractivity contribution in [2.24, 2.45) is 0 Å². The predicted octanol–water partition coefficient (Wildman–Crippen LogP) is 8.73. The van der Waals surface area contributed by atoms with Crippen LogP contribution in [0.1, 0.15) is 26.3 Å². The lowest BCUT2D eigenvalue weighted by molar-refractivity contribution is 0.590. The van der Waals surface area contributed by atoms with E-state index in [4.69, 9.17) is 0 Å². The zero-order chi connectivity index (χ0) is 21.1. The van der Waals surface area contributed by atoms with E-state index in [1.54, 1.807) is 0 Å². The van der Waals surface area contributed by atoms with E-state index in [0.717, 1.165) is 17.1 Å². The van der Waals surface area contributed by atoms with Crippen molar-refractivity contribution < 1.29 is 0 Å². The van der Waals surface area contributed by atoms with Crippen molar-refractivity contribution in [2.45, 2.75) is 26.2 Å². The Hall–Kier alpha value is -2.59. The van der Waals surface area contributed by atoms with Gasteiger partial charge in [0.1, 0.15) is 0 Å². The van der Waals surface area contributed by atoms with Crippen molar-refractivity contribution in [3.8, 4) is 11.1 Å². The van der Waals surface area contributed by atoms with Gasteiger partial charge >= 0.3 is 0 Å². The van der Waals surface area contributed by atoms with E-state index < -0.39 is 0 Å². The van der Waals surface area contributed by atoms with Crippen LogP contribution in [0, 0.1) is 3.57 Å². The highest BCUT2D eigenvalue weighted by Gasteiger charge is 2.16. The summed E-state index contributed by atoms with van der Waals surface area (Å²) in [6.45, 7) is 6.75. The number of halogens is 1. The highest BCUT2D eigenvalue weighted by atomic mass is 127. The third-order valence-corrected chi connectivity index (χ3v) is 6.03. The lowest BCUT2D eigenvalue weighted by Gasteiger charge is -2.27. The van der Waals surface area contributed by atoms with Crippen LogP contribution in [0.5, 0.6) is 0 Å². The average Bonchev–Trinajstić information content (AvgIpc) is 2.76. The Morgan fingerprint density at radius 2 is 0.967 bits per heavy atom. The largest absolute Gasteiger partial charge is 0.311 e. The zero-order valence-electron chi connectivity index (χ0n) is 17.6. The van der Waals surface area contributed by atoms with Crippen molar-refractivity contribution >= 4 is 39.7 Å². The fraction of sp³-hybridized carbons (Fsp3) is 0.143. The molecule has 0 fully saturated rings. The second-order valence-corrected chi connectivity index (χ2v) is 9.77. The molecule has 0 radical (unpaired) electrons. The Labute approximate surface area is 193 Å². The normalized spacial score (nSPS) is 11.3. The minimum Gasteiger partial charge on any atom is -0.311 e. The SMILES string of the molecule is CC(C)(C)c1ccc(N(c2ccc(I)cc2)c2ccc(-c3ccccc3)cc2)cc1. The van der Waals surface area contributed by atoms with Crippen LogP contribution in [0.3, 0.4) is 0 Å². The molecule has 0 amide bonds. The smallest absolute Gasteiger partial charge is 0.0462 e. The first-order valence-corrected chi connectivity index (χ1v) is 11.3. The molecule has 0 unspecified atom stereocenters. The maximum absolute atomic E-state index is 2.35. The van der Waals surface area contributed by atoms with Gasteiger partial charge in [0.25, 0.3) is 0 Å². The molecule has 0 heterocycles. The standard InChI is InChI=1S/C28H26IN/c1-28(2,3)23-11-17-26(18-12-23)30(27-19-13-24(29)14-20-27)25-15-9-22(10-16-25)21-7-5-4-6-8-21/h4-20H,1-3H3. The Balaban J connectivity index is 1.75. The molecular formula is C28H26IN. The van der Waals surface area contributed by atoms with Crippen LogP contribution in [-0.2, 0) is 5.41 Å². The Kier molecular flexibility index (Phi) is 5.96. The number of hydrogen-bond acceptors (Lipinski definition) is 1. The molecular weight excluding hydrogens is 477 g/mol. The van der Waals surface area contributed by atoms with E-state index in [-0.39, 0.29) is 5.41 Å². The number of anilines is 3. The molecule has 0 aliphatic carbocycles. The summed E-state index contributed by atoms with van der Waals surface area (Å²) in [5.41, 5.74) is 7.42. The number of hydrogen-bond donors (Lipinski definition) is 0. The average molecular weight is 503 g/mol. The molecule has 4 aromatic carbocycles. The molecule has 0 saturated heterocycles. The van der Waals surface area contributed by atoms with E-state index in [0.29, 0.717) is 0 Å². The minimum atomic E-state index is 0.142. The summed E-state index contributed by atoms with van der Waals surface area (Å²) in [6, 6.07) is 37.0. The molecule has 0 spiro atoms. The van der Waals surface area contributed by atoms with Gasteiger partial charge < -0.3 is 4.90 Å². The molecule has 1 nitrogen and oxygen atoms in total. The first kappa shape index (κ1) is 20.7. The van der Waals surface area contributed by atoms with E-state index in [9.17, 15) is 0 Å². The fourth-order valence-electron chi connectivity index (χ4n) is 3.58. The van der Waals surface area contributed by atoms with Gasteiger partial charge in [0.15, 0.2) is 0 Å². The van der Waals surface area contributed by atoms with Crippen LogP contribution in [0.2, 0.25) is 0 Å².